The fraction of sp³-hybridized carbons (Fsp3) is 0.385. The van der Waals surface area contributed by atoms with E-state index >= 15 is 0 Å². The maximum absolute atomic E-state index is 12.2. The van der Waals surface area contributed by atoms with Crippen LogP contribution in [-0.2, 0) is 0 Å². The Kier molecular flexibility index (Phi) is 2.18. The molecular weight excluding hydrogens is 216 g/mol. The molecular formula is C13H14N2O2. The minimum absolute atomic E-state index is 0.0142. The molecule has 2 atom stereocenters. The second-order valence-corrected chi connectivity index (χ2v) is 4.91. The predicted molar refractivity (Wildman–Crippen MR) is 62.5 cm³/mol. The third kappa shape index (κ3) is 1.79. The molecule has 1 saturated carbocycles. The lowest BCUT2D eigenvalue weighted by Crippen LogP contribution is -2.30. The SMILES string of the molecule is NC(=O)c1cccc(C(=O)N2CC3CC3C2)c1. The van der Waals surface area contributed by atoms with E-state index in [1.165, 1.54) is 6.42 Å². The quantitative estimate of drug-likeness (QED) is 0.819. The average Bonchev–Trinajstić information content (AvgIpc) is 2.95. The van der Waals surface area contributed by atoms with Crippen LogP contribution < -0.4 is 5.73 Å². The van der Waals surface area contributed by atoms with Gasteiger partial charge in [0.25, 0.3) is 5.91 Å². The van der Waals surface area contributed by atoms with Gasteiger partial charge in [0.15, 0.2) is 0 Å². The lowest BCUT2D eigenvalue weighted by atomic mass is 10.1. The molecule has 1 aliphatic carbocycles. The highest BCUT2D eigenvalue weighted by molar-refractivity contribution is 5.99. The van der Waals surface area contributed by atoms with Crippen molar-refractivity contribution in [3.8, 4) is 0 Å². The molecule has 2 fully saturated rings. The summed E-state index contributed by atoms with van der Waals surface area (Å²) in [6.45, 7) is 1.73. The monoisotopic (exact) mass is 230 g/mol. The van der Waals surface area contributed by atoms with Gasteiger partial charge in [0.05, 0.1) is 0 Å². The normalized spacial score (nSPS) is 25.5. The van der Waals surface area contributed by atoms with Gasteiger partial charge < -0.3 is 10.6 Å². The van der Waals surface area contributed by atoms with Gasteiger partial charge in [-0.25, -0.2) is 0 Å². The van der Waals surface area contributed by atoms with Crippen molar-refractivity contribution in [1.82, 2.24) is 4.90 Å². The van der Waals surface area contributed by atoms with Gasteiger partial charge in [-0.15, -0.1) is 0 Å². The molecule has 3 rings (SSSR count). The highest BCUT2D eigenvalue weighted by Gasteiger charge is 2.46. The summed E-state index contributed by atoms with van der Waals surface area (Å²) in [7, 11) is 0. The van der Waals surface area contributed by atoms with Crippen molar-refractivity contribution >= 4 is 11.8 Å². The van der Waals surface area contributed by atoms with Crippen molar-refractivity contribution in [2.45, 2.75) is 6.42 Å². The molecule has 2 amide bonds. The Morgan fingerprint density at radius 2 is 1.82 bits per heavy atom. The van der Waals surface area contributed by atoms with Gasteiger partial charge in [0.1, 0.15) is 0 Å². The molecule has 2 aliphatic rings. The second kappa shape index (κ2) is 3.58. The number of amides is 2. The molecule has 1 aromatic rings. The zero-order valence-corrected chi connectivity index (χ0v) is 9.43. The summed E-state index contributed by atoms with van der Waals surface area (Å²) in [6, 6.07) is 6.64. The summed E-state index contributed by atoms with van der Waals surface area (Å²) in [4.78, 5) is 25.1. The Morgan fingerprint density at radius 3 is 2.47 bits per heavy atom. The van der Waals surface area contributed by atoms with Gasteiger partial charge in [-0.3, -0.25) is 9.59 Å². The van der Waals surface area contributed by atoms with Gasteiger partial charge in [0, 0.05) is 24.2 Å². The Morgan fingerprint density at radius 1 is 1.18 bits per heavy atom. The number of fused-ring (bicyclic) bond motifs is 1. The molecule has 4 heteroatoms. The number of nitrogens with zero attached hydrogens (tertiary/aromatic N) is 1. The minimum atomic E-state index is -0.496. The molecule has 88 valence electrons. The fourth-order valence-electron chi connectivity index (χ4n) is 2.55. The summed E-state index contributed by atoms with van der Waals surface area (Å²) < 4.78 is 0. The Balaban J connectivity index is 1.81. The smallest absolute Gasteiger partial charge is 0.253 e. The van der Waals surface area contributed by atoms with Crippen LogP contribution >= 0.6 is 0 Å². The summed E-state index contributed by atoms with van der Waals surface area (Å²) in [5, 5.41) is 0. The van der Waals surface area contributed by atoms with E-state index in [4.69, 9.17) is 5.73 Å². The van der Waals surface area contributed by atoms with E-state index in [0.717, 1.165) is 24.9 Å². The van der Waals surface area contributed by atoms with Crippen LogP contribution in [0.15, 0.2) is 24.3 Å². The van der Waals surface area contributed by atoms with Gasteiger partial charge in [-0.05, 0) is 36.5 Å². The molecule has 1 saturated heterocycles. The van der Waals surface area contributed by atoms with Crippen LogP contribution in [0.4, 0.5) is 0 Å². The standard InChI is InChI=1S/C13H14N2O2/c14-12(16)8-2-1-3-9(4-8)13(17)15-6-10-5-11(10)7-15/h1-4,10-11H,5-7H2,(H2,14,16). The van der Waals surface area contributed by atoms with Crippen molar-refractivity contribution in [2.75, 3.05) is 13.1 Å². The van der Waals surface area contributed by atoms with Crippen molar-refractivity contribution in [2.24, 2.45) is 17.6 Å². The van der Waals surface area contributed by atoms with E-state index in [9.17, 15) is 9.59 Å². The van der Waals surface area contributed by atoms with E-state index in [1.807, 2.05) is 4.90 Å². The first kappa shape index (κ1) is 10.3. The highest BCUT2D eigenvalue weighted by Crippen LogP contribution is 2.45. The number of carbonyl (C=O) groups is 2. The molecule has 1 aromatic carbocycles. The maximum Gasteiger partial charge on any atom is 0.253 e. The molecule has 17 heavy (non-hydrogen) atoms. The third-order valence-electron chi connectivity index (χ3n) is 3.66. The Bertz CT molecular complexity index is 488. The maximum atomic E-state index is 12.2. The number of hydrogen-bond acceptors (Lipinski definition) is 2. The van der Waals surface area contributed by atoms with Crippen molar-refractivity contribution < 1.29 is 9.59 Å². The van der Waals surface area contributed by atoms with Crippen molar-refractivity contribution in [3.63, 3.8) is 0 Å². The molecule has 1 heterocycles. The highest BCUT2D eigenvalue weighted by atomic mass is 16.2. The number of carbonyl (C=O) groups excluding carboxylic acids is 2. The molecule has 0 radical (unpaired) electrons. The molecule has 0 aromatic heterocycles. The van der Waals surface area contributed by atoms with Gasteiger partial charge in [0.2, 0.25) is 5.91 Å². The topological polar surface area (TPSA) is 63.4 Å². The number of benzene rings is 1. The van der Waals surface area contributed by atoms with Crippen LogP contribution in [0.5, 0.6) is 0 Å². The number of primary amides is 1. The van der Waals surface area contributed by atoms with Crippen LogP contribution in [0.3, 0.4) is 0 Å². The largest absolute Gasteiger partial charge is 0.366 e. The van der Waals surface area contributed by atoms with Crippen molar-refractivity contribution in [3.05, 3.63) is 35.4 Å². The molecule has 0 bridgehead atoms. The fourth-order valence-corrected chi connectivity index (χ4v) is 2.55. The van der Waals surface area contributed by atoms with Crippen LogP contribution in [0.1, 0.15) is 27.1 Å². The summed E-state index contributed by atoms with van der Waals surface area (Å²) in [6.07, 6.45) is 1.27. The Hall–Kier alpha value is -1.84. The van der Waals surface area contributed by atoms with Gasteiger partial charge in [-0.1, -0.05) is 6.07 Å². The lowest BCUT2D eigenvalue weighted by molar-refractivity contribution is 0.0775. The summed E-state index contributed by atoms with van der Waals surface area (Å²) in [5.74, 6) is 0.959. The number of piperidine rings is 1. The van der Waals surface area contributed by atoms with Crippen LogP contribution in [0.2, 0.25) is 0 Å². The van der Waals surface area contributed by atoms with E-state index in [-0.39, 0.29) is 5.91 Å². The summed E-state index contributed by atoms with van der Waals surface area (Å²) in [5.41, 5.74) is 6.15. The molecule has 0 spiro atoms. The minimum Gasteiger partial charge on any atom is -0.366 e. The Labute approximate surface area is 99.4 Å². The molecule has 2 unspecified atom stereocenters. The third-order valence-corrected chi connectivity index (χ3v) is 3.66. The predicted octanol–water partition coefficient (Wildman–Crippen LogP) is 0.877. The van der Waals surface area contributed by atoms with Gasteiger partial charge in [-0.2, -0.15) is 0 Å². The number of hydrogen-bond donors (Lipinski definition) is 1. The first-order valence-corrected chi connectivity index (χ1v) is 5.84. The van der Waals surface area contributed by atoms with Crippen molar-refractivity contribution in [1.29, 1.82) is 0 Å². The van der Waals surface area contributed by atoms with Crippen LogP contribution in [0, 0.1) is 11.8 Å². The summed E-state index contributed by atoms with van der Waals surface area (Å²) >= 11 is 0. The van der Waals surface area contributed by atoms with E-state index < -0.39 is 5.91 Å². The number of nitrogens with two attached hydrogens (primary N) is 1. The van der Waals surface area contributed by atoms with E-state index in [2.05, 4.69) is 0 Å². The van der Waals surface area contributed by atoms with Crippen LogP contribution in [-0.4, -0.2) is 29.8 Å². The van der Waals surface area contributed by atoms with Crippen LogP contribution in [0.25, 0.3) is 0 Å². The van der Waals surface area contributed by atoms with Gasteiger partial charge >= 0.3 is 0 Å². The van der Waals surface area contributed by atoms with E-state index in [0.29, 0.717) is 11.1 Å². The number of rotatable bonds is 2. The molecule has 4 nitrogen and oxygen atoms in total. The number of likely N-dealkylation sites (tertiary alicyclic amines) is 1. The molecule has 2 N–H and O–H groups in total. The first-order valence-electron chi connectivity index (χ1n) is 5.84. The zero-order chi connectivity index (χ0) is 12.0. The zero-order valence-electron chi connectivity index (χ0n) is 9.43. The van der Waals surface area contributed by atoms with E-state index in [1.54, 1.807) is 24.3 Å². The average molecular weight is 230 g/mol. The lowest BCUT2D eigenvalue weighted by Gasteiger charge is -2.18. The second-order valence-electron chi connectivity index (χ2n) is 4.91. The first-order chi connectivity index (χ1) is 8.15. The molecule has 1 aliphatic heterocycles.